The van der Waals surface area contributed by atoms with Crippen molar-refractivity contribution in [3.8, 4) is 0 Å². The first-order valence-corrected chi connectivity index (χ1v) is 10.9. The summed E-state index contributed by atoms with van der Waals surface area (Å²) < 4.78 is 3.72. The van der Waals surface area contributed by atoms with Crippen LogP contribution in [0.1, 0.15) is 64.7 Å². The maximum Gasteiger partial charge on any atom is -1.00 e. The molecule has 0 bridgehead atoms. The van der Waals surface area contributed by atoms with Gasteiger partial charge in [0.1, 0.15) is 0 Å². The molecule has 0 unspecified atom stereocenters. The van der Waals surface area contributed by atoms with Crippen molar-refractivity contribution in [2.75, 3.05) is 0 Å². The molecule has 0 radical (unpaired) electrons. The van der Waals surface area contributed by atoms with E-state index in [-0.39, 0.29) is 24.8 Å². The summed E-state index contributed by atoms with van der Waals surface area (Å²) >= 11 is -0.499. The number of hydrogen-bond acceptors (Lipinski definition) is 0. The smallest absolute Gasteiger partial charge is 1.00 e. The number of hydrogen-bond donors (Lipinski definition) is 0. The van der Waals surface area contributed by atoms with Crippen LogP contribution in [0.2, 0.25) is 0 Å². The van der Waals surface area contributed by atoms with E-state index in [1.165, 1.54) is 57.8 Å². The molecule has 0 N–H and O–H groups in total. The quantitative estimate of drug-likeness (QED) is 0.567. The largest absolute Gasteiger partial charge is 1.00 e. The third kappa shape index (κ3) is 4.96. The minimum Gasteiger partial charge on any atom is -1.00 e. The Kier molecular flexibility index (Phi) is 9.60. The molecule has 0 aromatic carbocycles. The minimum absolute atomic E-state index is 0. The van der Waals surface area contributed by atoms with Crippen molar-refractivity contribution >= 4 is 0 Å². The zero-order valence-corrected chi connectivity index (χ0v) is 17.5. The summed E-state index contributed by atoms with van der Waals surface area (Å²) in [7, 11) is 0. The molecule has 0 aliphatic heterocycles. The summed E-state index contributed by atoms with van der Waals surface area (Å²) in [5.41, 5.74) is 3.67. The topological polar surface area (TPSA) is 0 Å². The molecule has 0 atom stereocenters. The molecule has 3 rings (SSSR count). The van der Waals surface area contributed by atoms with Gasteiger partial charge in [-0.2, -0.15) is 0 Å². The minimum atomic E-state index is -0.499. The van der Waals surface area contributed by atoms with Crippen molar-refractivity contribution in [2.24, 2.45) is 5.92 Å². The molecule has 1 saturated carbocycles. The van der Waals surface area contributed by atoms with E-state index >= 15 is 0 Å². The zero-order valence-electron chi connectivity index (χ0n) is 13.5. The average Bonchev–Trinajstić information content (AvgIpc) is 3.19. The van der Waals surface area contributed by atoms with Crippen molar-refractivity contribution in [2.45, 2.75) is 64.7 Å². The van der Waals surface area contributed by atoms with Gasteiger partial charge in [0.05, 0.1) is 0 Å². The summed E-state index contributed by atoms with van der Waals surface area (Å²) in [6.07, 6.45) is 22.2. The Morgan fingerprint density at radius 3 is 2.55 bits per heavy atom. The van der Waals surface area contributed by atoms with Crippen LogP contribution in [0, 0.1) is 5.92 Å². The first-order chi connectivity index (χ1) is 9.88. The van der Waals surface area contributed by atoms with E-state index in [2.05, 4.69) is 31.2 Å². The maximum absolute atomic E-state index is 2.63. The van der Waals surface area contributed by atoms with Crippen LogP contribution in [0.5, 0.6) is 0 Å². The molecule has 3 heteroatoms. The average molecular weight is 417 g/mol. The second-order valence-electron chi connectivity index (χ2n) is 6.38. The van der Waals surface area contributed by atoms with Crippen LogP contribution in [0.15, 0.2) is 42.0 Å². The van der Waals surface area contributed by atoms with Gasteiger partial charge in [-0.3, -0.25) is 0 Å². The van der Waals surface area contributed by atoms with Gasteiger partial charge in [0.15, 0.2) is 0 Å². The van der Waals surface area contributed by atoms with Crippen LogP contribution in [-0.2, 0) is 23.2 Å². The Balaban J connectivity index is 0.00000121. The van der Waals surface area contributed by atoms with Crippen LogP contribution in [-0.4, -0.2) is 0 Å². The Bertz CT molecular complexity index is 480. The molecule has 0 aromatic heterocycles. The molecule has 0 aromatic rings. The molecule has 1 fully saturated rings. The normalized spacial score (nSPS) is 20.4. The molecule has 3 aliphatic carbocycles. The summed E-state index contributed by atoms with van der Waals surface area (Å²) in [6, 6.07) is 0. The first kappa shape index (κ1) is 20.5. The van der Waals surface area contributed by atoms with E-state index < -0.39 is 23.2 Å². The second-order valence-corrected chi connectivity index (χ2v) is 9.80. The number of halogens is 2. The predicted molar refractivity (Wildman–Crippen MR) is 83.0 cm³/mol. The molecular formula is C19H26Cl2Zr. The monoisotopic (exact) mass is 414 g/mol. The van der Waals surface area contributed by atoms with Gasteiger partial charge in [-0.1, -0.05) is 0 Å². The van der Waals surface area contributed by atoms with Crippen molar-refractivity contribution < 1.29 is 48.0 Å². The van der Waals surface area contributed by atoms with Gasteiger partial charge in [-0.05, 0) is 0 Å². The third-order valence-corrected chi connectivity index (χ3v) is 8.79. The summed E-state index contributed by atoms with van der Waals surface area (Å²) in [6.45, 7) is 2.32. The van der Waals surface area contributed by atoms with Crippen molar-refractivity contribution in [1.29, 1.82) is 0 Å². The molecule has 0 spiro atoms. The van der Waals surface area contributed by atoms with E-state index in [1.54, 1.807) is 3.28 Å². The molecule has 22 heavy (non-hydrogen) atoms. The fourth-order valence-corrected chi connectivity index (χ4v) is 7.60. The van der Waals surface area contributed by atoms with Gasteiger partial charge in [0.25, 0.3) is 0 Å². The van der Waals surface area contributed by atoms with Gasteiger partial charge < -0.3 is 24.8 Å². The Morgan fingerprint density at radius 1 is 1.14 bits per heavy atom. The molecule has 0 nitrogen and oxygen atoms in total. The van der Waals surface area contributed by atoms with Gasteiger partial charge in [-0.15, -0.1) is 0 Å². The van der Waals surface area contributed by atoms with Crippen LogP contribution >= 0.6 is 0 Å². The molecule has 120 valence electrons. The van der Waals surface area contributed by atoms with Crippen LogP contribution in [0.25, 0.3) is 0 Å². The van der Waals surface area contributed by atoms with Gasteiger partial charge in [0, 0.05) is 0 Å². The molecule has 0 heterocycles. The van der Waals surface area contributed by atoms with Crippen LogP contribution < -0.4 is 24.8 Å². The van der Waals surface area contributed by atoms with E-state index in [1.807, 2.05) is 14.4 Å². The van der Waals surface area contributed by atoms with Crippen molar-refractivity contribution in [1.82, 2.24) is 0 Å². The molecule has 3 aliphatic rings. The number of rotatable bonds is 6. The third-order valence-electron chi connectivity index (χ3n) is 4.89. The summed E-state index contributed by atoms with van der Waals surface area (Å²) in [5.74, 6) is 0.931. The van der Waals surface area contributed by atoms with Gasteiger partial charge in [-0.25, -0.2) is 0 Å². The van der Waals surface area contributed by atoms with Crippen molar-refractivity contribution in [3.63, 3.8) is 0 Å². The summed E-state index contributed by atoms with van der Waals surface area (Å²) in [4.78, 5) is 0. The first-order valence-electron chi connectivity index (χ1n) is 8.43. The fourth-order valence-electron chi connectivity index (χ4n) is 3.73. The Hall–Kier alpha value is 0.423. The van der Waals surface area contributed by atoms with E-state index in [9.17, 15) is 0 Å². The van der Waals surface area contributed by atoms with Crippen LogP contribution in [0.4, 0.5) is 0 Å². The maximum atomic E-state index is 2.63. The van der Waals surface area contributed by atoms with E-state index in [4.69, 9.17) is 0 Å². The van der Waals surface area contributed by atoms with Crippen LogP contribution in [0.3, 0.4) is 0 Å². The standard InChI is InChI=1S/C14H21.C5H5.2ClH.Zr/c1-2-3-6-12-9-10-14(11-12)13-7-4-5-8-13;1-2-4-5-3-1;;;/h10,13H,2-9H2,1H3;1-3H,4H2;2*1H;/q;;;;+2/p-2. The van der Waals surface area contributed by atoms with E-state index in [0.717, 1.165) is 5.92 Å². The number of allylic oxidation sites excluding steroid dienone is 8. The summed E-state index contributed by atoms with van der Waals surface area (Å²) in [5, 5.41) is 0. The predicted octanol–water partition coefficient (Wildman–Crippen LogP) is -0.115. The van der Waals surface area contributed by atoms with Gasteiger partial charge in [0.2, 0.25) is 0 Å². The van der Waals surface area contributed by atoms with Gasteiger partial charge >= 0.3 is 136 Å². The second kappa shape index (κ2) is 10.3. The van der Waals surface area contributed by atoms with E-state index in [0.29, 0.717) is 0 Å². The SMILES string of the molecule is CCCCC1=[C]([Zr+2][C]2=CC=CC2)C(C2CCCC2)=CC1.[Cl-].[Cl-]. The number of unbranched alkanes of at least 4 members (excludes halogenated alkanes) is 1. The zero-order chi connectivity index (χ0) is 13.8. The molecular weight excluding hydrogens is 390 g/mol. The Morgan fingerprint density at radius 2 is 1.91 bits per heavy atom. The fraction of sp³-hybridized carbons (Fsp3) is 0.579. The Labute approximate surface area is 160 Å². The molecule has 0 saturated heterocycles. The molecule has 0 amide bonds. The van der Waals surface area contributed by atoms with Crippen molar-refractivity contribution in [3.05, 3.63) is 42.0 Å².